The summed E-state index contributed by atoms with van der Waals surface area (Å²) in [6, 6.07) is 0. The molecule has 1 N–H and O–H groups in total. The van der Waals surface area contributed by atoms with Crippen molar-refractivity contribution in [3.05, 3.63) is 0 Å². The number of rotatable bonds is 5. The normalized spacial score (nSPS) is 30.6. The van der Waals surface area contributed by atoms with Crippen LogP contribution in [0, 0.1) is 11.3 Å². The lowest BCUT2D eigenvalue weighted by atomic mass is 9.75. The molecule has 17 heavy (non-hydrogen) atoms. The average molecular weight is 239 g/mol. The Labute approximate surface area is 104 Å². The van der Waals surface area contributed by atoms with Crippen LogP contribution in [0.5, 0.6) is 0 Å². The minimum atomic E-state index is -0.0347. The number of carbonyl (C=O) groups excluding carboxylic acids is 1. The van der Waals surface area contributed by atoms with Gasteiger partial charge in [-0.25, -0.2) is 0 Å². The Kier molecular flexibility index (Phi) is 4.57. The van der Waals surface area contributed by atoms with E-state index < -0.39 is 0 Å². The number of ether oxygens (including phenoxy) is 1. The second-order valence-electron chi connectivity index (χ2n) is 5.64. The number of hydrogen-bond donors (Lipinski definition) is 1. The standard InChI is InChI=1S/C14H25NO2/c1-2-5-14(6-7-15-11-14)13(16)10-12-3-8-17-9-4-12/h12,15H,2-11H2,1H3. The van der Waals surface area contributed by atoms with Gasteiger partial charge in [-0.3, -0.25) is 4.79 Å². The molecule has 0 radical (unpaired) electrons. The summed E-state index contributed by atoms with van der Waals surface area (Å²) in [6.45, 7) is 5.79. The van der Waals surface area contributed by atoms with E-state index in [-0.39, 0.29) is 5.41 Å². The number of ketones is 1. The van der Waals surface area contributed by atoms with Gasteiger partial charge in [0.25, 0.3) is 0 Å². The minimum Gasteiger partial charge on any atom is -0.381 e. The number of nitrogens with one attached hydrogen (secondary N) is 1. The summed E-state index contributed by atoms with van der Waals surface area (Å²) in [7, 11) is 0. The molecule has 1 atom stereocenters. The topological polar surface area (TPSA) is 38.3 Å². The maximum absolute atomic E-state index is 12.5. The molecule has 0 aliphatic carbocycles. The maximum Gasteiger partial charge on any atom is 0.140 e. The first kappa shape index (κ1) is 13.0. The highest BCUT2D eigenvalue weighted by molar-refractivity contribution is 5.85. The minimum absolute atomic E-state index is 0.0347. The second kappa shape index (κ2) is 5.96. The summed E-state index contributed by atoms with van der Waals surface area (Å²) in [5.74, 6) is 1.09. The fourth-order valence-corrected chi connectivity index (χ4v) is 3.24. The molecule has 2 aliphatic rings. The van der Waals surface area contributed by atoms with E-state index >= 15 is 0 Å². The van der Waals surface area contributed by atoms with E-state index in [9.17, 15) is 4.79 Å². The van der Waals surface area contributed by atoms with Crippen molar-refractivity contribution in [1.82, 2.24) is 5.32 Å². The van der Waals surface area contributed by atoms with Crippen molar-refractivity contribution in [2.24, 2.45) is 11.3 Å². The number of Topliss-reactive ketones (excluding diaryl/α,β-unsaturated/α-hetero) is 1. The molecule has 1 unspecified atom stereocenters. The van der Waals surface area contributed by atoms with Crippen molar-refractivity contribution >= 4 is 5.78 Å². The second-order valence-corrected chi connectivity index (χ2v) is 5.64. The zero-order chi connectivity index (χ0) is 12.1. The first-order valence-corrected chi connectivity index (χ1v) is 7.08. The van der Waals surface area contributed by atoms with E-state index in [1.165, 1.54) is 0 Å². The lowest BCUT2D eigenvalue weighted by Gasteiger charge is -2.29. The van der Waals surface area contributed by atoms with Crippen LogP contribution in [0.3, 0.4) is 0 Å². The van der Waals surface area contributed by atoms with Gasteiger partial charge in [-0.2, -0.15) is 0 Å². The van der Waals surface area contributed by atoms with E-state index in [1.807, 2.05) is 0 Å². The van der Waals surface area contributed by atoms with Crippen molar-refractivity contribution in [2.75, 3.05) is 26.3 Å². The monoisotopic (exact) mass is 239 g/mol. The fourth-order valence-electron chi connectivity index (χ4n) is 3.24. The zero-order valence-electron chi connectivity index (χ0n) is 11.0. The quantitative estimate of drug-likeness (QED) is 0.799. The van der Waals surface area contributed by atoms with E-state index in [0.717, 1.165) is 64.8 Å². The summed E-state index contributed by atoms with van der Waals surface area (Å²) in [6.07, 6.45) is 6.14. The third-order valence-electron chi connectivity index (χ3n) is 4.38. The van der Waals surface area contributed by atoms with Crippen LogP contribution in [-0.4, -0.2) is 32.1 Å². The Morgan fingerprint density at radius 3 is 2.76 bits per heavy atom. The van der Waals surface area contributed by atoms with Crippen LogP contribution in [0.25, 0.3) is 0 Å². The number of carbonyl (C=O) groups is 1. The molecule has 3 nitrogen and oxygen atoms in total. The molecule has 0 aromatic heterocycles. The van der Waals surface area contributed by atoms with Gasteiger partial charge in [0.05, 0.1) is 0 Å². The average Bonchev–Trinajstić information content (AvgIpc) is 2.81. The summed E-state index contributed by atoms with van der Waals surface area (Å²) in [4.78, 5) is 12.5. The third kappa shape index (κ3) is 3.08. The van der Waals surface area contributed by atoms with E-state index in [0.29, 0.717) is 11.7 Å². The van der Waals surface area contributed by atoms with Gasteiger partial charge in [0.15, 0.2) is 0 Å². The smallest absolute Gasteiger partial charge is 0.140 e. The summed E-state index contributed by atoms with van der Waals surface area (Å²) >= 11 is 0. The van der Waals surface area contributed by atoms with Gasteiger partial charge >= 0.3 is 0 Å². The fraction of sp³-hybridized carbons (Fsp3) is 0.929. The van der Waals surface area contributed by atoms with Crippen LogP contribution >= 0.6 is 0 Å². The maximum atomic E-state index is 12.5. The third-order valence-corrected chi connectivity index (χ3v) is 4.38. The Balaban J connectivity index is 1.91. The summed E-state index contributed by atoms with van der Waals surface area (Å²) < 4.78 is 5.36. The molecule has 2 aliphatic heterocycles. The van der Waals surface area contributed by atoms with Gasteiger partial charge in [0.2, 0.25) is 0 Å². The van der Waals surface area contributed by atoms with Crippen LogP contribution in [0.15, 0.2) is 0 Å². The van der Waals surface area contributed by atoms with Crippen molar-refractivity contribution in [2.45, 2.75) is 45.4 Å². The Hall–Kier alpha value is -0.410. The van der Waals surface area contributed by atoms with Crippen molar-refractivity contribution in [1.29, 1.82) is 0 Å². The molecule has 2 saturated heterocycles. The molecule has 0 saturated carbocycles. The predicted molar refractivity (Wildman–Crippen MR) is 68.0 cm³/mol. The Morgan fingerprint density at radius 2 is 2.18 bits per heavy atom. The Morgan fingerprint density at radius 1 is 1.41 bits per heavy atom. The highest BCUT2D eigenvalue weighted by Crippen LogP contribution is 2.35. The van der Waals surface area contributed by atoms with E-state index in [4.69, 9.17) is 4.74 Å². The first-order chi connectivity index (χ1) is 8.27. The molecule has 2 fully saturated rings. The van der Waals surface area contributed by atoms with Crippen molar-refractivity contribution in [3.8, 4) is 0 Å². The molecule has 0 aromatic rings. The SMILES string of the molecule is CCCC1(C(=O)CC2CCOCC2)CCNC1. The van der Waals surface area contributed by atoms with Crippen LogP contribution in [0.4, 0.5) is 0 Å². The van der Waals surface area contributed by atoms with Crippen LogP contribution in [0.1, 0.15) is 45.4 Å². The van der Waals surface area contributed by atoms with Crippen LogP contribution in [-0.2, 0) is 9.53 Å². The van der Waals surface area contributed by atoms with Gasteiger partial charge in [-0.1, -0.05) is 13.3 Å². The van der Waals surface area contributed by atoms with Crippen LogP contribution < -0.4 is 5.32 Å². The first-order valence-electron chi connectivity index (χ1n) is 7.08. The molecular formula is C14H25NO2. The molecule has 0 amide bonds. The predicted octanol–water partition coefficient (Wildman–Crippen LogP) is 2.15. The molecule has 0 aromatic carbocycles. The molecule has 3 heteroatoms. The lowest BCUT2D eigenvalue weighted by Crippen LogP contribution is -2.35. The molecule has 98 valence electrons. The molecule has 0 bridgehead atoms. The van der Waals surface area contributed by atoms with Gasteiger partial charge in [-0.05, 0) is 38.1 Å². The van der Waals surface area contributed by atoms with Crippen molar-refractivity contribution < 1.29 is 9.53 Å². The summed E-state index contributed by atoms with van der Waals surface area (Å²) in [5, 5.41) is 3.37. The van der Waals surface area contributed by atoms with Crippen molar-refractivity contribution in [3.63, 3.8) is 0 Å². The van der Waals surface area contributed by atoms with E-state index in [1.54, 1.807) is 0 Å². The number of hydrogen-bond acceptors (Lipinski definition) is 3. The van der Waals surface area contributed by atoms with Crippen LogP contribution in [0.2, 0.25) is 0 Å². The molecule has 0 spiro atoms. The lowest BCUT2D eigenvalue weighted by molar-refractivity contribution is -0.129. The Bertz CT molecular complexity index is 253. The highest BCUT2D eigenvalue weighted by Gasteiger charge is 2.40. The molecule has 2 heterocycles. The highest BCUT2D eigenvalue weighted by atomic mass is 16.5. The largest absolute Gasteiger partial charge is 0.381 e. The molecule has 2 rings (SSSR count). The van der Waals surface area contributed by atoms with Gasteiger partial charge in [0, 0.05) is 31.6 Å². The van der Waals surface area contributed by atoms with Gasteiger partial charge in [-0.15, -0.1) is 0 Å². The summed E-state index contributed by atoms with van der Waals surface area (Å²) in [5.41, 5.74) is -0.0347. The molecular weight excluding hydrogens is 214 g/mol. The zero-order valence-corrected chi connectivity index (χ0v) is 11.0. The van der Waals surface area contributed by atoms with Gasteiger partial charge < -0.3 is 10.1 Å². The van der Waals surface area contributed by atoms with Gasteiger partial charge in [0.1, 0.15) is 5.78 Å². The van der Waals surface area contributed by atoms with E-state index in [2.05, 4.69) is 12.2 Å².